The van der Waals surface area contributed by atoms with Crippen LogP contribution in [0.5, 0.6) is 0 Å². The number of nitrogens with one attached hydrogen (secondary N) is 1. The van der Waals surface area contributed by atoms with Crippen LogP contribution in [0.3, 0.4) is 0 Å². The highest BCUT2D eigenvalue weighted by Gasteiger charge is 2.05. The molecule has 2 aromatic rings. The maximum absolute atomic E-state index is 3.52. The zero-order valence-corrected chi connectivity index (χ0v) is 15.1. The minimum absolute atomic E-state index is 0.844. The Hall–Kier alpha value is -0.520. The molecule has 1 aromatic heterocycles. The van der Waals surface area contributed by atoms with E-state index in [-0.39, 0.29) is 0 Å². The molecule has 19 heavy (non-hydrogen) atoms. The van der Waals surface area contributed by atoms with Crippen LogP contribution >= 0.6 is 43.2 Å². The van der Waals surface area contributed by atoms with Gasteiger partial charge < -0.3 is 10.2 Å². The lowest BCUT2D eigenvalue weighted by molar-refractivity contribution is 1.12. The van der Waals surface area contributed by atoms with Crippen LogP contribution in [0.2, 0.25) is 0 Å². The summed E-state index contributed by atoms with van der Waals surface area (Å²) < 4.78 is 2.26. The van der Waals surface area contributed by atoms with Crippen molar-refractivity contribution in [3.63, 3.8) is 0 Å². The second kappa shape index (κ2) is 6.29. The van der Waals surface area contributed by atoms with Gasteiger partial charge in [-0.3, -0.25) is 0 Å². The third-order valence-corrected chi connectivity index (χ3v) is 6.13. The molecule has 0 unspecified atom stereocenters. The van der Waals surface area contributed by atoms with Crippen molar-refractivity contribution < 1.29 is 0 Å². The second-order valence-electron chi connectivity index (χ2n) is 4.58. The first-order valence-electron chi connectivity index (χ1n) is 5.93. The molecule has 0 aliphatic carbocycles. The summed E-state index contributed by atoms with van der Waals surface area (Å²) in [5.74, 6) is 0. The number of hydrogen-bond donors (Lipinski definition) is 1. The molecule has 0 aliphatic rings. The summed E-state index contributed by atoms with van der Waals surface area (Å²) in [6.07, 6.45) is 0. The molecule has 0 saturated carbocycles. The standard InChI is InChI=1S/C14H16Br2N2S/c1-9-6-10(18(2)3)4-5-13(9)17-8-11-7-12(15)14(16)19-11/h4-7,17H,8H2,1-3H3. The van der Waals surface area contributed by atoms with Crippen LogP contribution in [0.15, 0.2) is 32.5 Å². The maximum Gasteiger partial charge on any atom is 0.0843 e. The van der Waals surface area contributed by atoms with Gasteiger partial charge in [0.15, 0.2) is 0 Å². The SMILES string of the molecule is Cc1cc(N(C)C)ccc1NCc1cc(Br)c(Br)s1. The molecule has 5 heteroatoms. The molecule has 0 fully saturated rings. The Bertz CT molecular complexity index is 559. The summed E-state index contributed by atoms with van der Waals surface area (Å²) in [5.41, 5.74) is 3.68. The van der Waals surface area contributed by atoms with E-state index >= 15 is 0 Å². The fourth-order valence-electron chi connectivity index (χ4n) is 1.79. The van der Waals surface area contributed by atoms with Crippen molar-refractivity contribution in [3.05, 3.63) is 43.0 Å². The lowest BCUT2D eigenvalue weighted by atomic mass is 10.1. The van der Waals surface area contributed by atoms with Gasteiger partial charge in [-0.15, -0.1) is 11.3 Å². The third-order valence-electron chi connectivity index (χ3n) is 2.88. The highest BCUT2D eigenvalue weighted by molar-refractivity contribution is 9.13. The van der Waals surface area contributed by atoms with Crippen molar-refractivity contribution in [1.82, 2.24) is 0 Å². The molecule has 1 heterocycles. The van der Waals surface area contributed by atoms with Gasteiger partial charge in [0.05, 0.1) is 3.79 Å². The summed E-state index contributed by atoms with van der Waals surface area (Å²) in [4.78, 5) is 3.42. The van der Waals surface area contributed by atoms with Crippen molar-refractivity contribution >= 4 is 54.6 Å². The number of hydrogen-bond acceptors (Lipinski definition) is 3. The van der Waals surface area contributed by atoms with Crippen LogP contribution in [0.25, 0.3) is 0 Å². The summed E-state index contributed by atoms with van der Waals surface area (Å²) in [5, 5.41) is 3.49. The zero-order valence-electron chi connectivity index (χ0n) is 11.1. The topological polar surface area (TPSA) is 15.3 Å². The van der Waals surface area contributed by atoms with Crippen LogP contribution in [0.4, 0.5) is 11.4 Å². The van der Waals surface area contributed by atoms with E-state index < -0.39 is 0 Å². The van der Waals surface area contributed by atoms with Gasteiger partial charge in [0.2, 0.25) is 0 Å². The minimum atomic E-state index is 0.844. The van der Waals surface area contributed by atoms with E-state index in [4.69, 9.17) is 0 Å². The minimum Gasteiger partial charge on any atom is -0.380 e. The van der Waals surface area contributed by atoms with Gasteiger partial charge in [-0.2, -0.15) is 0 Å². The predicted octanol–water partition coefficient (Wildman–Crippen LogP) is 5.26. The van der Waals surface area contributed by atoms with Gasteiger partial charge in [-0.1, -0.05) is 0 Å². The van der Waals surface area contributed by atoms with Gasteiger partial charge in [0.1, 0.15) is 0 Å². The number of aryl methyl sites for hydroxylation is 1. The first-order valence-corrected chi connectivity index (χ1v) is 8.33. The summed E-state index contributed by atoms with van der Waals surface area (Å²) >= 11 is 8.78. The first kappa shape index (κ1) is 14.9. The summed E-state index contributed by atoms with van der Waals surface area (Å²) in [7, 11) is 4.12. The van der Waals surface area contributed by atoms with Crippen molar-refractivity contribution in [2.75, 3.05) is 24.3 Å². The fraction of sp³-hybridized carbons (Fsp3) is 0.286. The van der Waals surface area contributed by atoms with Gasteiger partial charge in [0, 0.05) is 41.4 Å². The monoisotopic (exact) mass is 402 g/mol. The number of halogens is 2. The molecule has 0 radical (unpaired) electrons. The third kappa shape index (κ3) is 3.74. The van der Waals surface area contributed by atoms with Gasteiger partial charge in [-0.05, 0) is 68.6 Å². The van der Waals surface area contributed by atoms with Gasteiger partial charge in [-0.25, -0.2) is 0 Å². The molecule has 0 bridgehead atoms. The largest absolute Gasteiger partial charge is 0.380 e. The van der Waals surface area contributed by atoms with Crippen molar-refractivity contribution in [1.29, 1.82) is 0 Å². The molecule has 1 aromatic carbocycles. The summed E-state index contributed by atoms with van der Waals surface area (Å²) in [6.45, 7) is 2.98. The normalized spacial score (nSPS) is 10.6. The highest BCUT2D eigenvalue weighted by atomic mass is 79.9. The molecule has 2 rings (SSSR count). The Morgan fingerprint density at radius 1 is 1.21 bits per heavy atom. The Morgan fingerprint density at radius 3 is 2.47 bits per heavy atom. The van der Waals surface area contributed by atoms with E-state index in [2.05, 4.69) is 87.4 Å². The molecule has 1 N–H and O–H groups in total. The van der Waals surface area contributed by atoms with Gasteiger partial charge >= 0.3 is 0 Å². The van der Waals surface area contributed by atoms with Crippen LogP contribution in [0, 0.1) is 6.92 Å². The number of anilines is 2. The average Bonchev–Trinajstić information content (AvgIpc) is 2.67. The summed E-state index contributed by atoms with van der Waals surface area (Å²) in [6, 6.07) is 8.62. The molecular formula is C14H16Br2N2S. The Kier molecular flexibility index (Phi) is 4.92. The maximum atomic E-state index is 3.52. The Morgan fingerprint density at radius 2 is 1.95 bits per heavy atom. The van der Waals surface area contributed by atoms with Crippen molar-refractivity contribution in [2.45, 2.75) is 13.5 Å². The van der Waals surface area contributed by atoms with Crippen LogP contribution in [0.1, 0.15) is 10.4 Å². The Balaban J connectivity index is 2.07. The molecular weight excluding hydrogens is 388 g/mol. The van der Waals surface area contributed by atoms with E-state index in [0.29, 0.717) is 0 Å². The number of thiophene rings is 1. The van der Waals surface area contributed by atoms with E-state index in [1.165, 1.54) is 21.8 Å². The van der Waals surface area contributed by atoms with E-state index in [1.807, 2.05) is 0 Å². The number of rotatable bonds is 4. The van der Waals surface area contributed by atoms with E-state index in [0.717, 1.165) is 14.8 Å². The van der Waals surface area contributed by atoms with Crippen molar-refractivity contribution in [2.24, 2.45) is 0 Å². The van der Waals surface area contributed by atoms with E-state index in [1.54, 1.807) is 11.3 Å². The highest BCUT2D eigenvalue weighted by Crippen LogP contribution is 2.33. The fourth-order valence-corrected chi connectivity index (χ4v) is 3.90. The average molecular weight is 404 g/mol. The number of nitrogens with zero attached hydrogens (tertiary/aromatic N) is 1. The van der Waals surface area contributed by atoms with Crippen LogP contribution < -0.4 is 10.2 Å². The molecule has 0 saturated heterocycles. The molecule has 0 aliphatic heterocycles. The first-order chi connectivity index (χ1) is 8.97. The number of benzene rings is 1. The second-order valence-corrected chi connectivity index (χ2v) is 7.89. The van der Waals surface area contributed by atoms with Crippen LogP contribution in [-0.2, 0) is 6.54 Å². The lowest BCUT2D eigenvalue weighted by Crippen LogP contribution is -2.09. The van der Waals surface area contributed by atoms with E-state index in [9.17, 15) is 0 Å². The molecule has 0 atom stereocenters. The predicted molar refractivity (Wildman–Crippen MR) is 92.6 cm³/mol. The molecule has 102 valence electrons. The lowest BCUT2D eigenvalue weighted by Gasteiger charge is -2.15. The Labute approximate surface area is 135 Å². The molecule has 0 amide bonds. The van der Waals surface area contributed by atoms with Gasteiger partial charge in [0.25, 0.3) is 0 Å². The smallest absolute Gasteiger partial charge is 0.0843 e. The quantitative estimate of drug-likeness (QED) is 0.748. The van der Waals surface area contributed by atoms with Crippen LogP contribution in [-0.4, -0.2) is 14.1 Å². The molecule has 2 nitrogen and oxygen atoms in total. The van der Waals surface area contributed by atoms with Crippen molar-refractivity contribution in [3.8, 4) is 0 Å². The molecule has 0 spiro atoms. The zero-order chi connectivity index (χ0) is 14.0.